The molecule has 0 aliphatic heterocycles. The summed E-state index contributed by atoms with van der Waals surface area (Å²) in [5, 5.41) is 0.693. The van der Waals surface area contributed by atoms with E-state index in [1.807, 2.05) is 43.4 Å². The highest BCUT2D eigenvalue weighted by molar-refractivity contribution is 6.34. The van der Waals surface area contributed by atoms with Crippen LogP contribution in [0.15, 0.2) is 42.5 Å². The van der Waals surface area contributed by atoms with Gasteiger partial charge in [0.15, 0.2) is 5.52 Å². The lowest BCUT2D eigenvalue weighted by atomic mass is 10.2. The molecule has 17 heavy (non-hydrogen) atoms. The first-order chi connectivity index (χ1) is 7.77. The predicted octanol–water partition coefficient (Wildman–Crippen LogP) is -0.130. The second kappa shape index (κ2) is 4.47. The third kappa shape index (κ3) is 1.84. The smallest absolute Gasteiger partial charge is 0.232 e. The van der Waals surface area contributed by atoms with E-state index in [0.717, 1.165) is 22.1 Å². The van der Waals surface area contributed by atoms with Gasteiger partial charge in [0.2, 0.25) is 11.0 Å². The lowest BCUT2D eigenvalue weighted by molar-refractivity contribution is -0.617. The van der Waals surface area contributed by atoms with Gasteiger partial charge in [-0.25, -0.2) is 4.98 Å². The van der Waals surface area contributed by atoms with Crippen molar-refractivity contribution >= 4 is 33.7 Å². The predicted molar refractivity (Wildman–Crippen MR) is 65.4 cm³/mol. The van der Waals surface area contributed by atoms with Crippen LogP contribution in [-0.4, -0.2) is 4.98 Å². The second-order valence-electron chi connectivity index (χ2n) is 3.77. The molecule has 0 radical (unpaired) electrons. The Kier molecular flexibility index (Phi) is 3.18. The minimum atomic E-state index is 0. The fraction of sp³-hybridized carbons (Fsp3) is 0.0769. The molecule has 3 rings (SSSR count). The maximum Gasteiger partial charge on any atom is 0.232 e. The first-order valence-corrected chi connectivity index (χ1v) is 5.48. The first-order valence-electron chi connectivity index (χ1n) is 5.10. The van der Waals surface area contributed by atoms with Crippen molar-refractivity contribution in [2.24, 2.45) is 7.05 Å². The van der Waals surface area contributed by atoms with E-state index in [2.05, 4.69) is 15.6 Å². The standard InChI is InChI=1S/C13H10ClN2.ClH/c1-16-11-7-3-2-6-10(11)15-13-9(14)5-4-8-12(13)16;/h2-8H,1H3;1H/q+1;/p-1. The summed E-state index contributed by atoms with van der Waals surface area (Å²) in [6, 6.07) is 13.9. The summed E-state index contributed by atoms with van der Waals surface area (Å²) in [6.45, 7) is 0. The van der Waals surface area contributed by atoms with Crippen LogP contribution in [0.3, 0.4) is 0 Å². The fourth-order valence-electron chi connectivity index (χ4n) is 1.98. The van der Waals surface area contributed by atoms with E-state index in [1.54, 1.807) is 0 Å². The number of benzene rings is 2. The zero-order valence-corrected chi connectivity index (χ0v) is 10.7. The monoisotopic (exact) mass is 264 g/mol. The summed E-state index contributed by atoms with van der Waals surface area (Å²) in [4.78, 5) is 4.59. The van der Waals surface area contributed by atoms with Crippen molar-refractivity contribution in [2.75, 3.05) is 0 Å². The molecular formula is C13H10Cl2N2. The van der Waals surface area contributed by atoms with Crippen LogP contribution < -0.4 is 17.0 Å². The van der Waals surface area contributed by atoms with E-state index in [4.69, 9.17) is 11.6 Å². The Morgan fingerprint density at radius 3 is 2.53 bits per heavy atom. The van der Waals surface area contributed by atoms with Gasteiger partial charge in [0.05, 0.1) is 5.02 Å². The lowest BCUT2D eigenvalue weighted by Crippen LogP contribution is -3.00. The van der Waals surface area contributed by atoms with E-state index in [9.17, 15) is 0 Å². The molecule has 0 amide bonds. The highest BCUT2D eigenvalue weighted by Gasteiger charge is 2.13. The van der Waals surface area contributed by atoms with Crippen LogP contribution in [0.5, 0.6) is 0 Å². The molecule has 0 saturated heterocycles. The van der Waals surface area contributed by atoms with Gasteiger partial charge in [-0.2, -0.15) is 4.57 Å². The van der Waals surface area contributed by atoms with Gasteiger partial charge < -0.3 is 12.4 Å². The number of fused-ring (bicyclic) bond motifs is 2. The van der Waals surface area contributed by atoms with Gasteiger partial charge in [0.25, 0.3) is 0 Å². The zero-order chi connectivity index (χ0) is 11.1. The molecule has 2 aromatic carbocycles. The number of halogens is 2. The highest BCUT2D eigenvalue weighted by atomic mass is 35.5. The molecule has 0 fully saturated rings. The number of rotatable bonds is 0. The molecule has 1 aromatic heterocycles. The van der Waals surface area contributed by atoms with Gasteiger partial charge in [-0.1, -0.05) is 29.8 Å². The van der Waals surface area contributed by atoms with E-state index in [-0.39, 0.29) is 12.4 Å². The van der Waals surface area contributed by atoms with Crippen LogP contribution in [0, 0.1) is 0 Å². The number of hydrogen-bond acceptors (Lipinski definition) is 1. The molecule has 0 spiro atoms. The summed E-state index contributed by atoms with van der Waals surface area (Å²) in [5.41, 5.74) is 3.97. The molecule has 0 N–H and O–H groups in total. The van der Waals surface area contributed by atoms with Gasteiger partial charge in [0, 0.05) is 12.1 Å². The first kappa shape index (κ1) is 12.1. The Morgan fingerprint density at radius 2 is 1.71 bits per heavy atom. The van der Waals surface area contributed by atoms with Crippen molar-refractivity contribution in [3.8, 4) is 0 Å². The van der Waals surface area contributed by atoms with Crippen LogP contribution in [-0.2, 0) is 7.05 Å². The molecule has 0 bridgehead atoms. The second-order valence-corrected chi connectivity index (χ2v) is 4.17. The Hall–Kier alpha value is -1.38. The molecule has 3 aromatic rings. The Balaban J connectivity index is 0.00000108. The number of aryl methyl sites for hydroxylation is 1. The molecule has 0 unspecified atom stereocenters. The molecule has 0 saturated carbocycles. The van der Waals surface area contributed by atoms with Crippen molar-refractivity contribution in [1.82, 2.24) is 4.98 Å². The quantitative estimate of drug-likeness (QED) is 0.409. The number of aromatic nitrogens is 2. The van der Waals surface area contributed by atoms with Gasteiger partial charge >= 0.3 is 0 Å². The maximum absolute atomic E-state index is 6.15. The summed E-state index contributed by atoms with van der Waals surface area (Å²) in [5.74, 6) is 0. The molecule has 4 heteroatoms. The molecule has 0 atom stereocenters. The minimum Gasteiger partial charge on any atom is -1.00 e. The van der Waals surface area contributed by atoms with Crippen LogP contribution in [0.2, 0.25) is 5.02 Å². The Labute approximate surface area is 110 Å². The van der Waals surface area contributed by atoms with Crippen molar-refractivity contribution in [1.29, 1.82) is 0 Å². The average Bonchev–Trinajstić information content (AvgIpc) is 2.31. The van der Waals surface area contributed by atoms with Gasteiger partial charge in [-0.15, -0.1) is 0 Å². The molecule has 0 aliphatic rings. The van der Waals surface area contributed by atoms with Gasteiger partial charge in [0.1, 0.15) is 12.6 Å². The van der Waals surface area contributed by atoms with Crippen molar-refractivity contribution in [2.45, 2.75) is 0 Å². The van der Waals surface area contributed by atoms with E-state index in [1.165, 1.54) is 0 Å². The Bertz CT molecular complexity index is 695. The largest absolute Gasteiger partial charge is 1.00 e. The SMILES string of the molecule is C[n+]1c2ccccc2nc2c(Cl)cccc21.[Cl-]. The lowest BCUT2D eigenvalue weighted by Gasteiger charge is -2.01. The third-order valence-electron chi connectivity index (χ3n) is 2.80. The van der Waals surface area contributed by atoms with Crippen molar-refractivity contribution < 1.29 is 17.0 Å². The summed E-state index contributed by atoms with van der Waals surface area (Å²) in [6.07, 6.45) is 0. The van der Waals surface area contributed by atoms with Crippen LogP contribution in [0.1, 0.15) is 0 Å². The normalized spacial score (nSPS) is 10.5. The molecular weight excluding hydrogens is 255 g/mol. The highest BCUT2D eigenvalue weighted by Crippen LogP contribution is 2.20. The fourth-order valence-corrected chi connectivity index (χ4v) is 2.19. The summed E-state index contributed by atoms with van der Waals surface area (Å²) in [7, 11) is 2.03. The van der Waals surface area contributed by atoms with Crippen LogP contribution in [0.25, 0.3) is 22.1 Å². The molecule has 0 aliphatic carbocycles. The minimum absolute atomic E-state index is 0. The van der Waals surface area contributed by atoms with Gasteiger partial charge in [-0.05, 0) is 12.1 Å². The van der Waals surface area contributed by atoms with E-state index in [0.29, 0.717) is 5.02 Å². The molecule has 86 valence electrons. The molecule has 2 nitrogen and oxygen atoms in total. The van der Waals surface area contributed by atoms with Crippen molar-refractivity contribution in [3.05, 3.63) is 47.5 Å². The summed E-state index contributed by atoms with van der Waals surface area (Å²) >= 11 is 6.15. The van der Waals surface area contributed by atoms with E-state index >= 15 is 0 Å². The van der Waals surface area contributed by atoms with Crippen molar-refractivity contribution in [3.63, 3.8) is 0 Å². The zero-order valence-electron chi connectivity index (χ0n) is 9.19. The number of para-hydroxylation sites is 3. The summed E-state index contributed by atoms with van der Waals surface area (Å²) < 4.78 is 2.11. The van der Waals surface area contributed by atoms with Crippen LogP contribution in [0.4, 0.5) is 0 Å². The van der Waals surface area contributed by atoms with E-state index < -0.39 is 0 Å². The topological polar surface area (TPSA) is 16.8 Å². The number of nitrogens with zero attached hydrogens (tertiary/aromatic N) is 2. The maximum atomic E-state index is 6.15. The van der Waals surface area contributed by atoms with Crippen LogP contribution >= 0.6 is 11.6 Å². The number of hydrogen-bond donors (Lipinski definition) is 0. The Morgan fingerprint density at radius 1 is 1.00 bits per heavy atom. The molecule has 1 heterocycles. The average molecular weight is 265 g/mol. The third-order valence-corrected chi connectivity index (χ3v) is 3.11. The van der Waals surface area contributed by atoms with Gasteiger partial charge in [-0.3, -0.25) is 0 Å².